The molecule has 5 nitrogen and oxygen atoms in total. The maximum atomic E-state index is 4.82. The first-order valence-corrected chi connectivity index (χ1v) is 10.6. The minimum absolute atomic E-state index is 0. The number of rotatable bonds is 9. The molecule has 2 rings (SSSR count). The zero-order valence-electron chi connectivity index (χ0n) is 17.3. The predicted molar refractivity (Wildman–Crippen MR) is 124 cm³/mol. The van der Waals surface area contributed by atoms with Gasteiger partial charge < -0.3 is 15.5 Å². The molecule has 0 bridgehead atoms. The van der Waals surface area contributed by atoms with Crippen molar-refractivity contribution in [3.8, 4) is 0 Å². The third kappa shape index (κ3) is 9.22. The van der Waals surface area contributed by atoms with Gasteiger partial charge in [0.05, 0.1) is 6.54 Å². The highest BCUT2D eigenvalue weighted by Crippen LogP contribution is 2.28. The second-order valence-electron chi connectivity index (χ2n) is 7.98. The summed E-state index contributed by atoms with van der Waals surface area (Å²) in [6.07, 6.45) is 9.92. The molecule has 2 fully saturated rings. The van der Waals surface area contributed by atoms with Crippen LogP contribution in [0.5, 0.6) is 0 Å². The van der Waals surface area contributed by atoms with Crippen LogP contribution in [0.2, 0.25) is 0 Å². The van der Waals surface area contributed by atoms with Crippen molar-refractivity contribution in [3.05, 3.63) is 0 Å². The zero-order valence-corrected chi connectivity index (χ0v) is 19.6. The van der Waals surface area contributed by atoms with Crippen molar-refractivity contribution in [2.45, 2.75) is 64.8 Å². The fourth-order valence-electron chi connectivity index (χ4n) is 4.01. The van der Waals surface area contributed by atoms with E-state index in [-0.39, 0.29) is 24.0 Å². The molecule has 0 aromatic heterocycles. The lowest BCUT2D eigenvalue weighted by Crippen LogP contribution is -2.49. The highest BCUT2D eigenvalue weighted by molar-refractivity contribution is 14.0. The van der Waals surface area contributed by atoms with Gasteiger partial charge in [-0.25, -0.2) is 0 Å². The van der Waals surface area contributed by atoms with Crippen LogP contribution in [0.15, 0.2) is 4.99 Å². The van der Waals surface area contributed by atoms with E-state index >= 15 is 0 Å². The van der Waals surface area contributed by atoms with Gasteiger partial charge in [0.15, 0.2) is 5.96 Å². The van der Waals surface area contributed by atoms with E-state index in [9.17, 15) is 0 Å². The van der Waals surface area contributed by atoms with Crippen molar-refractivity contribution in [2.24, 2.45) is 10.9 Å². The minimum Gasteiger partial charge on any atom is -0.357 e. The molecule has 1 heterocycles. The van der Waals surface area contributed by atoms with Crippen molar-refractivity contribution in [3.63, 3.8) is 0 Å². The van der Waals surface area contributed by atoms with Crippen molar-refractivity contribution in [2.75, 3.05) is 52.9 Å². The van der Waals surface area contributed by atoms with E-state index in [4.69, 9.17) is 4.99 Å². The molecule has 1 aliphatic heterocycles. The van der Waals surface area contributed by atoms with Crippen molar-refractivity contribution in [1.82, 2.24) is 20.4 Å². The van der Waals surface area contributed by atoms with E-state index in [0.29, 0.717) is 6.04 Å². The Morgan fingerprint density at radius 2 is 1.77 bits per heavy atom. The predicted octanol–water partition coefficient (Wildman–Crippen LogP) is 3.16. The van der Waals surface area contributed by atoms with Crippen LogP contribution in [0.1, 0.15) is 58.8 Å². The summed E-state index contributed by atoms with van der Waals surface area (Å²) in [5.41, 5.74) is 0. The maximum absolute atomic E-state index is 4.82. The summed E-state index contributed by atoms with van der Waals surface area (Å²) in [5.74, 6) is 2.01. The number of likely N-dealkylation sites (N-methyl/N-ethyl adjacent to an activating group) is 1. The molecule has 2 aliphatic rings. The number of nitrogens with zero attached hydrogens (tertiary/aromatic N) is 3. The van der Waals surface area contributed by atoms with E-state index in [1.165, 1.54) is 71.1 Å². The summed E-state index contributed by atoms with van der Waals surface area (Å²) in [6.45, 7) is 12.0. The SMILES string of the molecule is CCNC(=NCC(C)N1CCN(C)CC1)NCCCCC1CCCC1.I. The van der Waals surface area contributed by atoms with Gasteiger partial charge >= 0.3 is 0 Å². The lowest BCUT2D eigenvalue weighted by Gasteiger charge is -2.35. The summed E-state index contributed by atoms with van der Waals surface area (Å²) in [5, 5.41) is 6.92. The average molecular weight is 479 g/mol. The molecule has 0 aromatic rings. The fraction of sp³-hybridized carbons (Fsp3) is 0.950. The number of guanidine groups is 1. The van der Waals surface area contributed by atoms with E-state index in [0.717, 1.165) is 31.5 Å². The van der Waals surface area contributed by atoms with Crippen molar-refractivity contribution >= 4 is 29.9 Å². The average Bonchev–Trinajstić information content (AvgIpc) is 3.13. The second-order valence-corrected chi connectivity index (χ2v) is 7.98. The van der Waals surface area contributed by atoms with Crippen LogP contribution in [0.3, 0.4) is 0 Å². The third-order valence-corrected chi connectivity index (χ3v) is 5.83. The Bertz CT molecular complexity index is 376. The molecule has 6 heteroatoms. The topological polar surface area (TPSA) is 42.9 Å². The third-order valence-electron chi connectivity index (χ3n) is 5.83. The first kappa shape index (κ1) is 24.0. The van der Waals surface area contributed by atoms with Crippen LogP contribution < -0.4 is 10.6 Å². The number of aliphatic imine (C=N–C) groups is 1. The summed E-state index contributed by atoms with van der Waals surface area (Å²) >= 11 is 0. The number of hydrogen-bond donors (Lipinski definition) is 2. The molecule has 0 radical (unpaired) electrons. The normalized spacial score (nSPS) is 21.4. The molecular formula is C20H42IN5. The molecular weight excluding hydrogens is 437 g/mol. The number of piperazine rings is 1. The number of halogens is 1. The van der Waals surface area contributed by atoms with Gasteiger partial charge in [0.1, 0.15) is 0 Å². The number of nitrogens with one attached hydrogen (secondary N) is 2. The van der Waals surface area contributed by atoms with Gasteiger partial charge in [0.25, 0.3) is 0 Å². The Hall–Kier alpha value is -0.0800. The fourth-order valence-corrected chi connectivity index (χ4v) is 4.01. The Kier molecular flexibility index (Phi) is 12.9. The van der Waals surface area contributed by atoms with E-state index in [2.05, 4.69) is 41.3 Å². The first-order valence-electron chi connectivity index (χ1n) is 10.6. The van der Waals surface area contributed by atoms with E-state index in [1.807, 2.05) is 0 Å². The molecule has 1 saturated carbocycles. The molecule has 2 N–H and O–H groups in total. The zero-order chi connectivity index (χ0) is 17.9. The van der Waals surface area contributed by atoms with Gasteiger partial charge in [0.2, 0.25) is 0 Å². The summed E-state index contributed by atoms with van der Waals surface area (Å²) in [6, 6.07) is 0.520. The molecule has 1 unspecified atom stereocenters. The molecule has 0 spiro atoms. The van der Waals surface area contributed by atoms with Crippen LogP contribution in [-0.4, -0.2) is 74.7 Å². The molecule has 1 saturated heterocycles. The Morgan fingerprint density at radius 3 is 2.42 bits per heavy atom. The minimum atomic E-state index is 0. The Labute approximate surface area is 178 Å². The van der Waals surface area contributed by atoms with Gasteiger partial charge in [-0.15, -0.1) is 24.0 Å². The Balaban J connectivity index is 0.00000338. The monoisotopic (exact) mass is 479 g/mol. The van der Waals surface area contributed by atoms with Gasteiger partial charge in [0, 0.05) is 45.3 Å². The highest BCUT2D eigenvalue weighted by atomic mass is 127. The highest BCUT2D eigenvalue weighted by Gasteiger charge is 2.18. The summed E-state index contributed by atoms with van der Waals surface area (Å²) in [4.78, 5) is 9.79. The van der Waals surface area contributed by atoms with Gasteiger partial charge in [-0.2, -0.15) is 0 Å². The van der Waals surface area contributed by atoms with Crippen LogP contribution in [0, 0.1) is 5.92 Å². The quantitative estimate of drug-likeness (QED) is 0.231. The van der Waals surface area contributed by atoms with Crippen molar-refractivity contribution < 1.29 is 0 Å². The standard InChI is InChI=1S/C20H41N5.HI/c1-4-21-20(22-12-8-7-11-19-9-5-6-10-19)23-17-18(2)25-15-13-24(3)14-16-25;/h18-19H,4-17H2,1-3H3,(H2,21,22,23);1H. The molecule has 26 heavy (non-hydrogen) atoms. The van der Waals surface area contributed by atoms with Crippen LogP contribution >= 0.6 is 24.0 Å². The molecule has 0 amide bonds. The molecule has 1 aliphatic carbocycles. The second kappa shape index (κ2) is 14.0. The number of hydrogen-bond acceptors (Lipinski definition) is 3. The largest absolute Gasteiger partial charge is 0.357 e. The Morgan fingerprint density at radius 1 is 1.08 bits per heavy atom. The van der Waals surface area contributed by atoms with Gasteiger partial charge in [-0.05, 0) is 33.2 Å². The van der Waals surface area contributed by atoms with Crippen LogP contribution in [0.4, 0.5) is 0 Å². The lowest BCUT2D eigenvalue weighted by molar-refractivity contribution is 0.122. The molecule has 1 atom stereocenters. The van der Waals surface area contributed by atoms with Crippen molar-refractivity contribution in [1.29, 1.82) is 0 Å². The molecule has 154 valence electrons. The van der Waals surface area contributed by atoms with Gasteiger partial charge in [-0.1, -0.05) is 38.5 Å². The van der Waals surface area contributed by atoms with E-state index in [1.54, 1.807) is 0 Å². The number of unbranched alkanes of at least 4 members (excludes halogenated alkanes) is 1. The maximum Gasteiger partial charge on any atom is 0.191 e. The molecule has 0 aromatic carbocycles. The lowest BCUT2D eigenvalue weighted by atomic mass is 10.0. The first-order chi connectivity index (χ1) is 12.2. The van der Waals surface area contributed by atoms with Gasteiger partial charge in [-0.3, -0.25) is 9.89 Å². The summed E-state index contributed by atoms with van der Waals surface area (Å²) in [7, 11) is 2.21. The van der Waals surface area contributed by atoms with E-state index < -0.39 is 0 Å². The smallest absolute Gasteiger partial charge is 0.191 e. The van der Waals surface area contributed by atoms with Crippen LogP contribution in [0.25, 0.3) is 0 Å². The van der Waals surface area contributed by atoms with Crippen LogP contribution in [-0.2, 0) is 0 Å². The summed E-state index contributed by atoms with van der Waals surface area (Å²) < 4.78 is 0.